The first-order valence-electron chi connectivity index (χ1n) is 9.06. The molecule has 28 heavy (non-hydrogen) atoms. The standard InChI is InChI=1S/C20H23ClN2O3S2/c1-14-8-10-23(11-9-14)20(24)18-13-17(6-7-19(18)27-2)28(25,26)22-16-5-3-4-15(21)12-16/h3-7,12-14,22H,8-11H2,1-2H3. The highest BCUT2D eigenvalue weighted by Crippen LogP contribution is 2.28. The SMILES string of the molecule is CSc1ccc(S(=O)(=O)Nc2cccc(Cl)c2)cc1C(=O)N1CCC(C)CC1. The zero-order valence-corrected chi connectivity index (χ0v) is 18.2. The molecular formula is C20H23ClN2O3S2. The predicted octanol–water partition coefficient (Wildman–Crippen LogP) is 4.73. The summed E-state index contributed by atoms with van der Waals surface area (Å²) in [5, 5.41) is 0.438. The number of nitrogens with zero attached hydrogens (tertiary/aromatic N) is 1. The van der Waals surface area contributed by atoms with Crippen molar-refractivity contribution in [2.75, 3.05) is 24.1 Å². The fourth-order valence-corrected chi connectivity index (χ4v) is 5.01. The van der Waals surface area contributed by atoms with Crippen LogP contribution in [-0.4, -0.2) is 38.6 Å². The van der Waals surface area contributed by atoms with Crippen molar-refractivity contribution in [2.45, 2.75) is 29.6 Å². The van der Waals surface area contributed by atoms with Crippen LogP contribution in [0.15, 0.2) is 52.3 Å². The van der Waals surface area contributed by atoms with E-state index in [4.69, 9.17) is 11.6 Å². The molecule has 1 N–H and O–H groups in total. The number of benzene rings is 2. The molecule has 150 valence electrons. The van der Waals surface area contributed by atoms with Crippen LogP contribution in [0.3, 0.4) is 0 Å². The lowest BCUT2D eigenvalue weighted by Crippen LogP contribution is -2.38. The molecule has 2 aromatic rings. The Labute approximate surface area is 175 Å². The quantitative estimate of drug-likeness (QED) is 0.685. The van der Waals surface area contributed by atoms with Gasteiger partial charge in [0, 0.05) is 23.0 Å². The molecule has 1 aliphatic heterocycles. The largest absolute Gasteiger partial charge is 0.339 e. The first-order valence-corrected chi connectivity index (χ1v) is 12.1. The normalized spacial score (nSPS) is 15.5. The number of halogens is 1. The molecule has 1 aliphatic rings. The molecule has 0 radical (unpaired) electrons. The molecule has 2 aromatic carbocycles. The minimum atomic E-state index is -3.84. The fourth-order valence-electron chi connectivity index (χ4n) is 3.17. The molecule has 5 nitrogen and oxygen atoms in total. The third-order valence-electron chi connectivity index (χ3n) is 4.86. The van der Waals surface area contributed by atoms with Crippen LogP contribution in [0.1, 0.15) is 30.1 Å². The van der Waals surface area contributed by atoms with Gasteiger partial charge >= 0.3 is 0 Å². The molecular weight excluding hydrogens is 416 g/mol. The zero-order chi connectivity index (χ0) is 20.3. The van der Waals surface area contributed by atoms with Crippen LogP contribution in [0.5, 0.6) is 0 Å². The summed E-state index contributed by atoms with van der Waals surface area (Å²) in [6.07, 6.45) is 3.81. The average molecular weight is 439 g/mol. The number of amides is 1. The maximum atomic E-state index is 13.0. The van der Waals surface area contributed by atoms with Crippen LogP contribution < -0.4 is 4.72 Å². The van der Waals surface area contributed by atoms with Crippen LogP contribution in [0, 0.1) is 5.92 Å². The van der Waals surface area contributed by atoms with E-state index in [1.165, 1.54) is 30.0 Å². The minimum absolute atomic E-state index is 0.0546. The summed E-state index contributed by atoms with van der Waals surface area (Å²) in [6.45, 7) is 3.58. The lowest BCUT2D eigenvalue weighted by molar-refractivity contribution is 0.0693. The van der Waals surface area contributed by atoms with Gasteiger partial charge in [-0.05, 0) is 61.4 Å². The molecule has 0 bridgehead atoms. The fraction of sp³-hybridized carbons (Fsp3) is 0.350. The highest BCUT2D eigenvalue weighted by molar-refractivity contribution is 7.98. The van der Waals surface area contributed by atoms with Gasteiger partial charge in [-0.2, -0.15) is 0 Å². The van der Waals surface area contributed by atoms with Gasteiger partial charge in [0.15, 0.2) is 0 Å². The summed E-state index contributed by atoms with van der Waals surface area (Å²) in [4.78, 5) is 15.7. The van der Waals surface area contributed by atoms with E-state index >= 15 is 0 Å². The van der Waals surface area contributed by atoms with Crippen molar-refractivity contribution in [3.63, 3.8) is 0 Å². The summed E-state index contributed by atoms with van der Waals surface area (Å²) in [7, 11) is -3.84. The third-order valence-corrected chi connectivity index (χ3v) is 7.27. The van der Waals surface area contributed by atoms with Gasteiger partial charge in [-0.15, -0.1) is 11.8 Å². The van der Waals surface area contributed by atoms with Crippen molar-refractivity contribution >= 4 is 45.0 Å². The van der Waals surface area contributed by atoms with Gasteiger partial charge in [-0.1, -0.05) is 24.6 Å². The van der Waals surface area contributed by atoms with Gasteiger partial charge in [0.25, 0.3) is 15.9 Å². The summed E-state index contributed by atoms with van der Waals surface area (Å²) >= 11 is 7.37. The topological polar surface area (TPSA) is 66.5 Å². The monoisotopic (exact) mass is 438 g/mol. The van der Waals surface area contributed by atoms with E-state index in [-0.39, 0.29) is 10.8 Å². The first-order chi connectivity index (χ1) is 13.3. The van der Waals surface area contributed by atoms with Gasteiger partial charge < -0.3 is 4.90 Å². The Morgan fingerprint density at radius 3 is 2.54 bits per heavy atom. The summed E-state index contributed by atoms with van der Waals surface area (Å²) in [5.41, 5.74) is 0.801. The maximum absolute atomic E-state index is 13.0. The van der Waals surface area contributed by atoms with E-state index in [0.717, 1.165) is 17.7 Å². The van der Waals surface area contributed by atoms with Crippen LogP contribution in [-0.2, 0) is 10.0 Å². The Kier molecular flexibility index (Phi) is 6.58. The van der Waals surface area contributed by atoms with E-state index in [1.54, 1.807) is 24.3 Å². The molecule has 3 rings (SSSR count). The number of piperidine rings is 1. The molecule has 0 atom stereocenters. The molecule has 0 saturated carbocycles. The number of carbonyl (C=O) groups is 1. The van der Waals surface area contributed by atoms with E-state index in [1.807, 2.05) is 11.2 Å². The highest BCUT2D eigenvalue weighted by atomic mass is 35.5. The van der Waals surface area contributed by atoms with Crippen LogP contribution in [0.25, 0.3) is 0 Å². The number of hydrogen-bond acceptors (Lipinski definition) is 4. The number of sulfonamides is 1. The Bertz CT molecular complexity index is 971. The van der Waals surface area contributed by atoms with Crippen LogP contribution in [0.4, 0.5) is 5.69 Å². The van der Waals surface area contributed by atoms with Gasteiger partial charge in [0.05, 0.1) is 16.1 Å². The van der Waals surface area contributed by atoms with Crippen molar-refractivity contribution in [2.24, 2.45) is 5.92 Å². The lowest BCUT2D eigenvalue weighted by Gasteiger charge is -2.30. The van der Waals surface area contributed by atoms with Gasteiger partial charge in [0.2, 0.25) is 0 Å². The van der Waals surface area contributed by atoms with E-state index in [2.05, 4.69) is 11.6 Å². The molecule has 8 heteroatoms. The van der Waals surface area contributed by atoms with E-state index in [0.29, 0.717) is 35.3 Å². The number of hydrogen-bond donors (Lipinski definition) is 1. The predicted molar refractivity (Wildman–Crippen MR) is 115 cm³/mol. The van der Waals surface area contributed by atoms with Crippen molar-refractivity contribution in [3.05, 3.63) is 53.1 Å². The second-order valence-corrected chi connectivity index (χ2v) is 9.92. The Hall–Kier alpha value is -1.70. The van der Waals surface area contributed by atoms with Gasteiger partial charge in [-0.25, -0.2) is 8.42 Å². The third kappa shape index (κ3) is 4.82. The second-order valence-electron chi connectivity index (χ2n) is 6.95. The van der Waals surface area contributed by atoms with Gasteiger partial charge in [-0.3, -0.25) is 9.52 Å². The van der Waals surface area contributed by atoms with E-state index < -0.39 is 10.0 Å². The molecule has 0 aromatic heterocycles. The Balaban J connectivity index is 1.90. The number of likely N-dealkylation sites (tertiary alicyclic amines) is 1. The molecule has 1 fully saturated rings. The smallest absolute Gasteiger partial charge is 0.261 e. The Morgan fingerprint density at radius 2 is 1.89 bits per heavy atom. The minimum Gasteiger partial charge on any atom is -0.339 e. The number of anilines is 1. The maximum Gasteiger partial charge on any atom is 0.261 e. The first kappa shape index (κ1) is 21.0. The number of nitrogens with one attached hydrogen (secondary N) is 1. The molecule has 0 unspecified atom stereocenters. The molecule has 1 amide bonds. The van der Waals surface area contributed by atoms with Crippen molar-refractivity contribution in [3.8, 4) is 0 Å². The molecule has 0 aliphatic carbocycles. The van der Waals surface area contributed by atoms with Crippen LogP contribution in [0.2, 0.25) is 5.02 Å². The average Bonchev–Trinajstić information content (AvgIpc) is 2.67. The van der Waals surface area contributed by atoms with Crippen molar-refractivity contribution in [1.82, 2.24) is 4.90 Å². The van der Waals surface area contributed by atoms with Crippen molar-refractivity contribution in [1.29, 1.82) is 0 Å². The van der Waals surface area contributed by atoms with Crippen molar-refractivity contribution < 1.29 is 13.2 Å². The van der Waals surface area contributed by atoms with E-state index in [9.17, 15) is 13.2 Å². The summed E-state index contributed by atoms with van der Waals surface area (Å²) in [6, 6.07) is 11.2. The van der Waals surface area contributed by atoms with Gasteiger partial charge in [0.1, 0.15) is 0 Å². The number of carbonyl (C=O) groups excluding carboxylic acids is 1. The second kappa shape index (κ2) is 8.76. The lowest BCUT2D eigenvalue weighted by atomic mass is 9.98. The zero-order valence-electron chi connectivity index (χ0n) is 15.8. The number of rotatable bonds is 5. The summed E-state index contributed by atoms with van der Waals surface area (Å²) in [5.74, 6) is 0.494. The highest BCUT2D eigenvalue weighted by Gasteiger charge is 2.25. The Morgan fingerprint density at radius 1 is 1.18 bits per heavy atom. The van der Waals surface area contributed by atoms with Crippen LogP contribution >= 0.6 is 23.4 Å². The number of thioether (sulfide) groups is 1. The molecule has 1 heterocycles. The summed E-state index contributed by atoms with van der Waals surface area (Å²) < 4.78 is 28.2. The molecule has 1 saturated heterocycles. The molecule has 0 spiro atoms.